The molecule has 1 fully saturated rings. The van der Waals surface area contributed by atoms with Crippen LogP contribution in [0.25, 0.3) is 0 Å². The molecule has 0 N–H and O–H groups in total. The van der Waals surface area contributed by atoms with Crippen LogP contribution < -0.4 is 0 Å². The van der Waals surface area contributed by atoms with Crippen molar-refractivity contribution in [3.8, 4) is 0 Å². The Hall–Kier alpha value is -0.920. The summed E-state index contributed by atoms with van der Waals surface area (Å²) in [7, 11) is 0. The second-order valence-corrected chi connectivity index (χ2v) is 7.95. The summed E-state index contributed by atoms with van der Waals surface area (Å²) in [4.78, 5) is 8.95. The Morgan fingerprint density at radius 2 is 1.79 bits per heavy atom. The number of rotatable bonds is 0. The molecule has 0 amide bonds. The number of aromatic nitrogens is 2. The minimum atomic E-state index is 0.317. The van der Waals surface area contributed by atoms with Crippen molar-refractivity contribution in [3.05, 3.63) is 23.8 Å². The maximum atomic E-state index is 4.70. The van der Waals surface area contributed by atoms with Crippen LogP contribution in [0, 0.1) is 22.7 Å². The molecule has 0 radical (unpaired) electrons. The zero-order valence-corrected chi connectivity index (χ0v) is 13.1. The van der Waals surface area contributed by atoms with Crippen LogP contribution in [0.4, 0.5) is 0 Å². The Bertz CT molecular complexity index is 504. The molecule has 2 nitrogen and oxygen atoms in total. The van der Waals surface area contributed by atoms with Crippen molar-refractivity contribution < 1.29 is 0 Å². The molecule has 3 rings (SSSR count). The molecule has 1 aromatic rings. The monoisotopic (exact) mass is 258 g/mol. The quantitative estimate of drug-likeness (QED) is 0.690. The number of nitrogens with zero attached hydrogens (tertiary/aromatic N) is 2. The van der Waals surface area contributed by atoms with Crippen molar-refractivity contribution in [2.45, 2.75) is 59.8 Å². The van der Waals surface area contributed by atoms with Crippen LogP contribution in [0.2, 0.25) is 0 Å². The zero-order chi connectivity index (χ0) is 14.0. The summed E-state index contributed by atoms with van der Waals surface area (Å²) in [6.45, 7) is 14.6. The van der Waals surface area contributed by atoms with Gasteiger partial charge in [-0.15, -0.1) is 0 Å². The average Bonchev–Trinajstić information content (AvgIpc) is 2.49. The zero-order valence-electron chi connectivity index (χ0n) is 13.1. The summed E-state index contributed by atoms with van der Waals surface area (Å²) in [5.41, 5.74) is 3.44. The Kier molecular flexibility index (Phi) is 2.62. The average molecular weight is 258 g/mol. The highest BCUT2D eigenvalue weighted by Crippen LogP contribution is 2.67. The normalized spacial score (nSPS) is 38.6. The molecule has 4 unspecified atom stereocenters. The minimum absolute atomic E-state index is 0.317. The second kappa shape index (κ2) is 3.80. The lowest BCUT2D eigenvalue weighted by Crippen LogP contribution is -2.30. The van der Waals surface area contributed by atoms with Crippen molar-refractivity contribution in [1.29, 1.82) is 0 Å². The first kappa shape index (κ1) is 13.1. The standard InChI is InChI=1S/C17H26N2/c1-10-7-13-14(15-12(10)8-18-9-19-15)17(5,6)11(2)16(13,3)4/h8-11,13-14H,7H2,1-6H3. The van der Waals surface area contributed by atoms with Crippen LogP contribution in [-0.2, 0) is 0 Å². The molecule has 2 heteroatoms. The Morgan fingerprint density at radius 1 is 1.11 bits per heavy atom. The van der Waals surface area contributed by atoms with Gasteiger partial charge in [-0.3, -0.25) is 0 Å². The van der Waals surface area contributed by atoms with Crippen molar-refractivity contribution in [1.82, 2.24) is 9.97 Å². The van der Waals surface area contributed by atoms with Gasteiger partial charge in [0, 0.05) is 12.1 Å². The number of hydrogen-bond acceptors (Lipinski definition) is 2. The minimum Gasteiger partial charge on any atom is -0.245 e. The van der Waals surface area contributed by atoms with Gasteiger partial charge in [0.05, 0.1) is 5.69 Å². The number of fused-ring (bicyclic) bond motifs is 3. The molecular formula is C17H26N2. The molecule has 2 aliphatic rings. The molecule has 4 atom stereocenters. The molecule has 2 aliphatic carbocycles. The van der Waals surface area contributed by atoms with Gasteiger partial charge < -0.3 is 0 Å². The van der Waals surface area contributed by atoms with Crippen LogP contribution in [0.3, 0.4) is 0 Å². The van der Waals surface area contributed by atoms with E-state index >= 15 is 0 Å². The summed E-state index contributed by atoms with van der Waals surface area (Å²) in [6, 6.07) is 0. The SMILES string of the molecule is CC1CC2C(c3ncncc31)C(C)(C)C(C)C2(C)C. The highest BCUT2D eigenvalue weighted by Gasteiger charge is 2.60. The second-order valence-electron chi connectivity index (χ2n) is 7.95. The van der Waals surface area contributed by atoms with Gasteiger partial charge in [-0.2, -0.15) is 0 Å². The summed E-state index contributed by atoms with van der Waals surface area (Å²) >= 11 is 0. The molecule has 1 heterocycles. The molecule has 0 aliphatic heterocycles. The van der Waals surface area contributed by atoms with Gasteiger partial charge in [-0.05, 0) is 40.6 Å². The molecule has 0 bridgehead atoms. The predicted molar refractivity (Wildman–Crippen MR) is 78.0 cm³/mol. The largest absolute Gasteiger partial charge is 0.245 e. The predicted octanol–water partition coefficient (Wildman–Crippen LogP) is 4.39. The lowest BCUT2D eigenvalue weighted by atomic mass is 9.65. The van der Waals surface area contributed by atoms with E-state index in [0.717, 1.165) is 5.92 Å². The van der Waals surface area contributed by atoms with Crippen LogP contribution in [-0.4, -0.2) is 9.97 Å². The van der Waals surface area contributed by atoms with Crippen molar-refractivity contribution in [2.75, 3.05) is 0 Å². The molecule has 0 aromatic carbocycles. The van der Waals surface area contributed by atoms with Crippen LogP contribution >= 0.6 is 0 Å². The van der Waals surface area contributed by atoms with Gasteiger partial charge in [0.1, 0.15) is 6.33 Å². The fraction of sp³-hybridized carbons (Fsp3) is 0.765. The van der Waals surface area contributed by atoms with E-state index in [-0.39, 0.29) is 0 Å². The maximum absolute atomic E-state index is 4.70. The van der Waals surface area contributed by atoms with Crippen molar-refractivity contribution in [2.24, 2.45) is 22.7 Å². The van der Waals surface area contributed by atoms with E-state index in [1.54, 1.807) is 6.33 Å². The molecule has 19 heavy (non-hydrogen) atoms. The third kappa shape index (κ3) is 1.55. The molecular weight excluding hydrogens is 232 g/mol. The fourth-order valence-corrected chi connectivity index (χ4v) is 4.98. The Balaban J connectivity index is 2.20. The maximum Gasteiger partial charge on any atom is 0.115 e. The summed E-state index contributed by atoms with van der Waals surface area (Å²) in [5.74, 6) is 2.64. The molecule has 104 valence electrons. The first-order chi connectivity index (χ1) is 8.78. The van der Waals surface area contributed by atoms with Crippen molar-refractivity contribution in [3.63, 3.8) is 0 Å². The highest BCUT2D eigenvalue weighted by atomic mass is 14.9. The van der Waals surface area contributed by atoms with Crippen molar-refractivity contribution >= 4 is 0 Å². The van der Waals surface area contributed by atoms with E-state index in [1.807, 2.05) is 0 Å². The van der Waals surface area contributed by atoms with Gasteiger partial charge >= 0.3 is 0 Å². The molecule has 1 aromatic heterocycles. The van der Waals surface area contributed by atoms with Crippen LogP contribution in [0.1, 0.15) is 71.1 Å². The third-order valence-electron chi connectivity index (χ3n) is 6.60. The van der Waals surface area contributed by atoms with E-state index in [4.69, 9.17) is 4.98 Å². The first-order valence-electron chi connectivity index (χ1n) is 7.57. The van der Waals surface area contributed by atoms with Gasteiger partial charge in [0.15, 0.2) is 0 Å². The summed E-state index contributed by atoms with van der Waals surface area (Å²) < 4.78 is 0. The lowest BCUT2D eigenvalue weighted by molar-refractivity contribution is 0.147. The Labute approximate surface area is 117 Å². The van der Waals surface area contributed by atoms with Gasteiger partial charge in [-0.25, -0.2) is 9.97 Å². The van der Waals surface area contributed by atoms with Gasteiger partial charge in [-0.1, -0.05) is 41.5 Å². The first-order valence-corrected chi connectivity index (χ1v) is 7.57. The summed E-state index contributed by atoms with van der Waals surface area (Å²) in [6.07, 6.45) is 5.07. The van der Waals surface area contributed by atoms with Gasteiger partial charge in [0.2, 0.25) is 0 Å². The third-order valence-corrected chi connectivity index (χ3v) is 6.60. The highest BCUT2D eigenvalue weighted by molar-refractivity contribution is 5.33. The fourth-order valence-electron chi connectivity index (χ4n) is 4.98. The van der Waals surface area contributed by atoms with E-state index in [9.17, 15) is 0 Å². The van der Waals surface area contributed by atoms with E-state index < -0.39 is 0 Å². The van der Waals surface area contributed by atoms with Gasteiger partial charge in [0.25, 0.3) is 0 Å². The van der Waals surface area contributed by atoms with E-state index in [0.29, 0.717) is 28.6 Å². The van der Waals surface area contributed by atoms with E-state index in [2.05, 4.69) is 52.7 Å². The summed E-state index contributed by atoms with van der Waals surface area (Å²) in [5, 5.41) is 0. The lowest BCUT2D eigenvalue weighted by Gasteiger charge is -2.39. The molecule has 0 spiro atoms. The number of hydrogen-bond donors (Lipinski definition) is 0. The molecule has 1 saturated carbocycles. The Morgan fingerprint density at radius 3 is 2.47 bits per heavy atom. The van der Waals surface area contributed by atoms with E-state index in [1.165, 1.54) is 17.7 Å². The van der Waals surface area contributed by atoms with Crippen LogP contribution in [0.5, 0.6) is 0 Å². The molecule has 0 saturated heterocycles. The topological polar surface area (TPSA) is 25.8 Å². The smallest absolute Gasteiger partial charge is 0.115 e. The van der Waals surface area contributed by atoms with Crippen LogP contribution in [0.15, 0.2) is 12.5 Å².